The zero-order valence-electron chi connectivity index (χ0n) is 13.0. The normalized spacial score (nSPS) is 16.8. The van der Waals surface area contributed by atoms with Crippen LogP contribution in [0.3, 0.4) is 0 Å². The van der Waals surface area contributed by atoms with E-state index in [0.29, 0.717) is 5.56 Å². The smallest absolute Gasteiger partial charge is 0.357 e. The number of halogens is 3. The van der Waals surface area contributed by atoms with E-state index in [0.717, 1.165) is 46.9 Å². The standard InChI is InChI=1S/C19H17F3N2/c20-19(21,22)12-9-10-16-15(11-12)14-7-4-8-17(18(14)24-16)23-13-5-2-1-3-6-13/h1-3,5-6,10-11,23-24H,4,7-9H2. The minimum atomic E-state index is -4.26. The Labute approximate surface area is 137 Å². The van der Waals surface area contributed by atoms with E-state index in [1.54, 1.807) is 6.08 Å². The second-order valence-electron chi connectivity index (χ2n) is 6.20. The van der Waals surface area contributed by atoms with Crippen molar-refractivity contribution in [3.8, 4) is 0 Å². The fourth-order valence-corrected chi connectivity index (χ4v) is 3.45. The highest BCUT2D eigenvalue weighted by atomic mass is 19.4. The van der Waals surface area contributed by atoms with E-state index in [4.69, 9.17) is 0 Å². The molecule has 24 heavy (non-hydrogen) atoms. The second kappa shape index (κ2) is 5.58. The molecule has 2 aromatic rings. The fraction of sp³-hybridized carbons (Fsp3) is 0.263. The number of para-hydroxylation sites is 1. The van der Waals surface area contributed by atoms with Crippen molar-refractivity contribution in [2.24, 2.45) is 0 Å². The highest BCUT2D eigenvalue weighted by molar-refractivity contribution is 5.70. The number of aromatic nitrogens is 1. The van der Waals surface area contributed by atoms with E-state index >= 15 is 0 Å². The van der Waals surface area contributed by atoms with Crippen LogP contribution in [0.4, 0.5) is 18.9 Å². The molecule has 0 radical (unpaired) electrons. The first-order valence-corrected chi connectivity index (χ1v) is 8.06. The number of alkyl halides is 3. The highest BCUT2D eigenvalue weighted by Crippen LogP contribution is 2.32. The highest BCUT2D eigenvalue weighted by Gasteiger charge is 2.34. The number of allylic oxidation sites excluding steroid dienone is 1. The van der Waals surface area contributed by atoms with E-state index < -0.39 is 11.7 Å². The summed E-state index contributed by atoms with van der Waals surface area (Å²) in [5.41, 5.74) is 3.26. The van der Waals surface area contributed by atoms with Gasteiger partial charge in [0, 0.05) is 27.9 Å². The molecule has 0 aliphatic heterocycles. The lowest BCUT2D eigenvalue weighted by Crippen LogP contribution is -2.23. The van der Waals surface area contributed by atoms with Crippen LogP contribution in [0, 0.1) is 0 Å². The van der Waals surface area contributed by atoms with Crippen LogP contribution in [-0.4, -0.2) is 11.2 Å². The maximum absolute atomic E-state index is 13.0. The Morgan fingerprint density at radius 3 is 2.58 bits per heavy atom. The van der Waals surface area contributed by atoms with Crippen LogP contribution < -0.4 is 16.0 Å². The summed E-state index contributed by atoms with van der Waals surface area (Å²) >= 11 is 0. The number of hydrogen-bond donors (Lipinski definition) is 2. The molecule has 0 amide bonds. The maximum Gasteiger partial charge on any atom is 0.413 e. The lowest BCUT2D eigenvalue weighted by molar-refractivity contribution is -0.0916. The van der Waals surface area contributed by atoms with Gasteiger partial charge >= 0.3 is 6.18 Å². The Bertz CT molecular complexity index is 918. The largest absolute Gasteiger partial charge is 0.413 e. The van der Waals surface area contributed by atoms with Gasteiger partial charge in [-0.2, -0.15) is 13.2 Å². The summed E-state index contributed by atoms with van der Waals surface area (Å²) < 4.78 is 39.1. The molecule has 124 valence electrons. The van der Waals surface area contributed by atoms with E-state index in [1.165, 1.54) is 6.08 Å². The van der Waals surface area contributed by atoms with Gasteiger partial charge in [0.15, 0.2) is 0 Å². The van der Waals surface area contributed by atoms with Crippen molar-refractivity contribution >= 4 is 23.5 Å². The van der Waals surface area contributed by atoms with Crippen LogP contribution in [0.25, 0.3) is 17.8 Å². The molecule has 1 heterocycles. The summed E-state index contributed by atoms with van der Waals surface area (Å²) in [6.45, 7) is 0. The Morgan fingerprint density at radius 1 is 1.04 bits per heavy atom. The molecule has 1 aromatic carbocycles. The Hall–Kier alpha value is -2.43. The summed E-state index contributed by atoms with van der Waals surface area (Å²) in [5.74, 6) is 0. The molecule has 2 aliphatic carbocycles. The Morgan fingerprint density at radius 2 is 1.83 bits per heavy atom. The molecule has 0 bridgehead atoms. The summed E-state index contributed by atoms with van der Waals surface area (Å²) in [4.78, 5) is 3.33. The van der Waals surface area contributed by atoms with Crippen molar-refractivity contribution in [2.45, 2.75) is 31.9 Å². The molecule has 0 saturated heterocycles. The number of benzene rings is 1. The molecule has 5 heteroatoms. The van der Waals surface area contributed by atoms with E-state index in [-0.39, 0.29) is 6.42 Å². The second-order valence-corrected chi connectivity index (χ2v) is 6.20. The molecule has 2 N–H and O–H groups in total. The predicted octanol–water partition coefficient (Wildman–Crippen LogP) is 3.70. The van der Waals surface area contributed by atoms with Crippen molar-refractivity contribution in [2.75, 3.05) is 5.32 Å². The average Bonchev–Trinajstić information content (AvgIpc) is 2.94. The van der Waals surface area contributed by atoms with Crippen molar-refractivity contribution in [3.05, 3.63) is 57.7 Å². The number of H-pyrrole nitrogens is 1. The third-order valence-electron chi connectivity index (χ3n) is 4.61. The van der Waals surface area contributed by atoms with Crippen LogP contribution in [-0.2, 0) is 6.42 Å². The predicted molar refractivity (Wildman–Crippen MR) is 89.6 cm³/mol. The van der Waals surface area contributed by atoms with E-state index in [2.05, 4.69) is 10.3 Å². The summed E-state index contributed by atoms with van der Waals surface area (Å²) in [5, 5.41) is 5.17. The van der Waals surface area contributed by atoms with Crippen molar-refractivity contribution in [1.29, 1.82) is 0 Å². The van der Waals surface area contributed by atoms with Crippen LogP contribution >= 0.6 is 0 Å². The molecule has 0 unspecified atom stereocenters. The molecular formula is C19H17F3N2. The van der Waals surface area contributed by atoms with E-state index in [9.17, 15) is 13.2 Å². The fourth-order valence-electron chi connectivity index (χ4n) is 3.45. The minimum Gasteiger partial charge on any atom is -0.357 e. The van der Waals surface area contributed by atoms with Gasteiger partial charge in [0.2, 0.25) is 0 Å². The topological polar surface area (TPSA) is 27.8 Å². The SMILES string of the molecule is FC(F)(F)C1=Cc2c3c([nH]c2=CC1)=C(Nc1ccccc1)CCC3. The average molecular weight is 330 g/mol. The number of aromatic amines is 1. The summed E-state index contributed by atoms with van der Waals surface area (Å²) in [7, 11) is 0. The molecule has 4 rings (SSSR count). The lowest BCUT2D eigenvalue weighted by atomic mass is 9.94. The lowest BCUT2D eigenvalue weighted by Gasteiger charge is -2.17. The van der Waals surface area contributed by atoms with Gasteiger partial charge in [0.1, 0.15) is 0 Å². The maximum atomic E-state index is 13.0. The molecule has 0 spiro atoms. The first-order chi connectivity index (χ1) is 11.5. The number of rotatable bonds is 2. The number of hydrogen-bond acceptors (Lipinski definition) is 1. The van der Waals surface area contributed by atoms with Gasteiger partial charge in [0.25, 0.3) is 0 Å². The molecule has 2 nitrogen and oxygen atoms in total. The molecule has 0 saturated carbocycles. The zero-order valence-corrected chi connectivity index (χ0v) is 13.0. The van der Waals surface area contributed by atoms with Gasteiger partial charge < -0.3 is 10.3 Å². The Balaban J connectivity index is 1.83. The van der Waals surface area contributed by atoms with Gasteiger partial charge in [-0.05, 0) is 49.5 Å². The quantitative estimate of drug-likeness (QED) is 0.863. The van der Waals surface area contributed by atoms with E-state index in [1.807, 2.05) is 30.3 Å². The molecule has 0 fully saturated rings. The van der Waals surface area contributed by atoms with Gasteiger partial charge in [-0.1, -0.05) is 24.3 Å². The number of anilines is 1. The van der Waals surface area contributed by atoms with Crippen molar-refractivity contribution < 1.29 is 13.2 Å². The van der Waals surface area contributed by atoms with Crippen molar-refractivity contribution in [3.63, 3.8) is 0 Å². The number of fused-ring (bicyclic) bond motifs is 3. The summed E-state index contributed by atoms with van der Waals surface area (Å²) in [6.07, 6.45) is 1.25. The number of nitrogens with one attached hydrogen (secondary N) is 2. The van der Waals surface area contributed by atoms with Crippen LogP contribution in [0.2, 0.25) is 0 Å². The molecule has 2 aliphatic rings. The van der Waals surface area contributed by atoms with Gasteiger partial charge in [-0.15, -0.1) is 0 Å². The molecular weight excluding hydrogens is 313 g/mol. The first-order valence-electron chi connectivity index (χ1n) is 8.06. The van der Waals surface area contributed by atoms with Crippen molar-refractivity contribution in [1.82, 2.24) is 4.98 Å². The molecule has 1 aromatic heterocycles. The van der Waals surface area contributed by atoms with Gasteiger partial charge in [-0.3, -0.25) is 0 Å². The first kappa shape index (κ1) is 15.1. The minimum absolute atomic E-state index is 0.0721. The third kappa shape index (κ3) is 2.64. The van der Waals surface area contributed by atoms with Gasteiger partial charge in [0.05, 0.1) is 5.35 Å². The van der Waals surface area contributed by atoms with Crippen LogP contribution in [0.15, 0.2) is 35.9 Å². The van der Waals surface area contributed by atoms with Crippen LogP contribution in [0.5, 0.6) is 0 Å². The third-order valence-corrected chi connectivity index (χ3v) is 4.61. The molecule has 0 atom stereocenters. The van der Waals surface area contributed by atoms with Gasteiger partial charge in [-0.25, -0.2) is 0 Å². The van der Waals surface area contributed by atoms with Crippen LogP contribution in [0.1, 0.15) is 30.4 Å². The Kier molecular flexibility index (Phi) is 3.52. The summed E-state index contributed by atoms with van der Waals surface area (Å²) in [6, 6.07) is 9.83. The zero-order chi connectivity index (χ0) is 16.7. The monoisotopic (exact) mass is 330 g/mol.